The standard InChI is InChI=1S/C16H24N2O2/c1-6-11(2)12-9-7-8-10-13(12)17-14(19)15(20)18-16(3,4)5/h7-11H,6H2,1-5H3,(H,17,19)(H,18,20). The van der Waals surface area contributed by atoms with E-state index in [1.54, 1.807) is 0 Å². The predicted molar refractivity (Wildman–Crippen MR) is 81.7 cm³/mol. The minimum atomic E-state index is -0.629. The number of hydrogen-bond donors (Lipinski definition) is 2. The van der Waals surface area contributed by atoms with Gasteiger partial charge in [-0.3, -0.25) is 9.59 Å². The lowest BCUT2D eigenvalue weighted by Gasteiger charge is -2.20. The topological polar surface area (TPSA) is 58.2 Å². The Morgan fingerprint density at radius 1 is 1.15 bits per heavy atom. The molecule has 0 fully saturated rings. The number of hydrogen-bond acceptors (Lipinski definition) is 2. The number of rotatable bonds is 3. The van der Waals surface area contributed by atoms with Crippen molar-refractivity contribution in [2.75, 3.05) is 5.32 Å². The highest BCUT2D eigenvalue weighted by molar-refractivity contribution is 6.39. The average molecular weight is 276 g/mol. The molecule has 0 spiro atoms. The van der Waals surface area contributed by atoms with Gasteiger partial charge < -0.3 is 10.6 Å². The van der Waals surface area contributed by atoms with Gasteiger partial charge in [0.25, 0.3) is 0 Å². The summed E-state index contributed by atoms with van der Waals surface area (Å²) >= 11 is 0. The van der Waals surface area contributed by atoms with Crippen molar-refractivity contribution in [1.82, 2.24) is 5.32 Å². The smallest absolute Gasteiger partial charge is 0.313 e. The Morgan fingerprint density at radius 3 is 2.30 bits per heavy atom. The number of carbonyl (C=O) groups is 2. The lowest BCUT2D eigenvalue weighted by molar-refractivity contribution is -0.137. The minimum Gasteiger partial charge on any atom is -0.343 e. The van der Waals surface area contributed by atoms with Crippen LogP contribution in [0.25, 0.3) is 0 Å². The van der Waals surface area contributed by atoms with Gasteiger partial charge in [-0.15, -0.1) is 0 Å². The van der Waals surface area contributed by atoms with Crippen LogP contribution >= 0.6 is 0 Å². The Morgan fingerprint density at radius 2 is 1.75 bits per heavy atom. The molecular weight excluding hydrogens is 252 g/mol. The number of para-hydroxylation sites is 1. The average Bonchev–Trinajstić information content (AvgIpc) is 2.36. The summed E-state index contributed by atoms with van der Waals surface area (Å²) in [4.78, 5) is 23.7. The molecule has 0 radical (unpaired) electrons. The molecule has 110 valence electrons. The third-order valence-corrected chi connectivity index (χ3v) is 3.05. The Bertz CT molecular complexity index is 489. The summed E-state index contributed by atoms with van der Waals surface area (Å²) in [5.74, 6) is -0.913. The van der Waals surface area contributed by atoms with Crippen LogP contribution in [0.2, 0.25) is 0 Å². The van der Waals surface area contributed by atoms with Crippen LogP contribution in [-0.2, 0) is 9.59 Å². The first-order valence-electron chi connectivity index (χ1n) is 6.97. The molecule has 0 aliphatic rings. The van der Waals surface area contributed by atoms with Crippen molar-refractivity contribution in [2.45, 2.75) is 52.5 Å². The first-order chi connectivity index (χ1) is 9.24. The maximum absolute atomic E-state index is 11.9. The molecule has 0 saturated heterocycles. The molecule has 20 heavy (non-hydrogen) atoms. The number of amides is 2. The quantitative estimate of drug-likeness (QED) is 0.834. The first kappa shape index (κ1) is 16.2. The molecule has 4 nitrogen and oxygen atoms in total. The maximum Gasteiger partial charge on any atom is 0.313 e. The van der Waals surface area contributed by atoms with Crippen molar-refractivity contribution in [3.05, 3.63) is 29.8 Å². The summed E-state index contributed by atoms with van der Waals surface area (Å²) in [5.41, 5.74) is 1.33. The third kappa shape index (κ3) is 4.68. The van der Waals surface area contributed by atoms with E-state index < -0.39 is 17.4 Å². The normalized spacial score (nSPS) is 12.7. The minimum absolute atomic E-state index is 0.331. The summed E-state index contributed by atoms with van der Waals surface area (Å²) in [6, 6.07) is 7.59. The van der Waals surface area contributed by atoms with Gasteiger partial charge in [0.05, 0.1) is 0 Å². The van der Waals surface area contributed by atoms with Crippen LogP contribution in [0.4, 0.5) is 5.69 Å². The van der Waals surface area contributed by atoms with Crippen LogP contribution in [0.15, 0.2) is 24.3 Å². The van der Waals surface area contributed by atoms with Crippen molar-refractivity contribution in [2.24, 2.45) is 0 Å². The van der Waals surface area contributed by atoms with E-state index in [2.05, 4.69) is 24.5 Å². The maximum atomic E-state index is 11.9. The van der Waals surface area contributed by atoms with Gasteiger partial charge in [-0.25, -0.2) is 0 Å². The lowest BCUT2D eigenvalue weighted by atomic mass is 9.97. The van der Waals surface area contributed by atoms with Crippen LogP contribution in [0.1, 0.15) is 52.5 Å². The Kier molecular flexibility index (Phi) is 5.31. The van der Waals surface area contributed by atoms with E-state index in [0.717, 1.165) is 12.0 Å². The Hall–Kier alpha value is -1.84. The number of benzene rings is 1. The summed E-state index contributed by atoms with van der Waals surface area (Å²) in [6.07, 6.45) is 0.973. The second-order valence-corrected chi connectivity index (χ2v) is 6.05. The van der Waals surface area contributed by atoms with Gasteiger partial charge in [-0.05, 0) is 44.7 Å². The number of nitrogens with one attached hydrogen (secondary N) is 2. The molecule has 1 aromatic rings. The lowest BCUT2D eigenvalue weighted by Crippen LogP contribution is -2.46. The van der Waals surface area contributed by atoms with Gasteiger partial charge in [0, 0.05) is 11.2 Å². The molecule has 2 amide bonds. The number of carbonyl (C=O) groups excluding carboxylic acids is 2. The summed E-state index contributed by atoms with van der Waals surface area (Å²) in [7, 11) is 0. The fourth-order valence-electron chi connectivity index (χ4n) is 1.84. The monoisotopic (exact) mass is 276 g/mol. The summed E-state index contributed by atoms with van der Waals surface area (Å²) in [5, 5.41) is 5.35. The SMILES string of the molecule is CCC(C)c1ccccc1NC(=O)C(=O)NC(C)(C)C. The Labute approximate surface area is 121 Å². The second kappa shape index (κ2) is 6.55. The second-order valence-electron chi connectivity index (χ2n) is 6.05. The van der Waals surface area contributed by atoms with Crippen molar-refractivity contribution in [1.29, 1.82) is 0 Å². The van der Waals surface area contributed by atoms with Gasteiger partial charge in [-0.2, -0.15) is 0 Å². The van der Waals surface area contributed by atoms with E-state index in [0.29, 0.717) is 11.6 Å². The van der Waals surface area contributed by atoms with Crippen LogP contribution in [-0.4, -0.2) is 17.4 Å². The summed E-state index contributed by atoms with van der Waals surface area (Å²) in [6.45, 7) is 9.71. The highest BCUT2D eigenvalue weighted by Crippen LogP contribution is 2.26. The highest BCUT2D eigenvalue weighted by Gasteiger charge is 2.21. The fourth-order valence-corrected chi connectivity index (χ4v) is 1.84. The highest BCUT2D eigenvalue weighted by atomic mass is 16.2. The molecule has 0 aliphatic carbocycles. The zero-order chi connectivity index (χ0) is 15.3. The number of anilines is 1. The van der Waals surface area contributed by atoms with Crippen LogP contribution in [0.5, 0.6) is 0 Å². The zero-order valence-corrected chi connectivity index (χ0v) is 12.9. The van der Waals surface area contributed by atoms with Crippen LogP contribution < -0.4 is 10.6 Å². The zero-order valence-electron chi connectivity index (χ0n) is 12.9. The first-order valence-corrected chi connectivity index (χ1v) is 6.97. The van der Waals surface area contributed by atoms with Crippen molar-refractivity contribution in [3.8, 4) is 0 Å². The largest absolute Gasteiger partial charge is 0.343 e. The molecular formula is C16H24N2O2. The molecule has 1 rings (SSSR count). The van der Waals surface area contributed by atoms with Crippen molar-refractivity contribution >= 4 is 17.5 Å². The van der Waals surface area contributed by atoms with Gasteiger partial charge >= 0.3 is 11.8 Å². The molecule has 1 atom stereocenters. The van der Waals surface area contributed by atoms with Gasteiger partial charge in [-0.1, -0.05) is 32.0 Å². The van der Waals surface area contributed by atoms with Crippen LogP contribution in [0, 0.1) is 0 Å². The van der Waals surface area contributed by atoms with Crippen molar-refractivity contribution in [3.63, 3.8) is 0 Å². The molecule has 4 heteroatoms. The van der Waals surface area contributed by atoms with E-state index in [1.807, 2.05) is 45.0 Å². The summed E-state index contributed by atoms with van der Waals surface area (Å²) < 4.78 is 0. The molecule has 1 unspecified atom stereocenters. The van der Waals surface area contributed by atoms with Crippen molar-refractivity contribution < 1.29 is 9.59 Å². The molecule has 0 aliphatic heterocycles. The van der Waals surface area contributed by atoms with E-state index in [1.165, 1.54) is 0 Å². The van der Waals surface area contributed by atoms with Gasteiger partial charge in [0.15, 0.2) is 0 Å². The van der Waals surface area contributed by atoms with Gasteiger partial charge in [0.2, 0.25) is 0 Å². The molecule has 1 aromatic carbocycles. The molecule has 0 saturated carbocycles. The molecule has 0 aromatic heterocycles. The predicted octanol–water partition coefficient (Wildman–Crippen LogP) is 3.05. The Balaban J connectivity index is 2.83. The molecule has 0 bridgehead atoms. The molecule has 2 N–H and O–H groups in total. The third-order valence-electron chi connectivity index (χ3n) is 3.05. The van der Waals surface area contributed by atoms with E-state index in [4.69, 9.17) is 0 Å². The van der Waals surface area contributed by atoms with E-state index in [9.17, 15) is 9.59 Å². The van der Waals surface area contributed by atoms with Gasteiger partial charge in [0.1, 0.15) is 0 Å². The van der Waals surface area contributed by atoms with Crippen LogP contribution in [0.3, 0.4) is 0 Å². The fraction of sp³-hybridized carbons (Fsp3) is 0.500. The van der Waals surface area contributed by atoms with E-state index in [-0.39, 0.29) is 0 Å². The van der Waals surface area contributed by atoms with E-state index >= 15 is 0 Å². The molecule has 0 heterocycles.